The van der Waals surface area contributed by atoms with E-state index in [0.717, 1.165) is 50.8 Å². The lowest BCUT2D eigenvalue weighted by Gasteiger charge is -2.25. The van der Waals surface area contributed by atoms with E-state index in [0.29, 0.717) is 13.0 Å². The number of esters is 1. The van der Waals surface area contributed by atoms with Gasteiger partial charge in [0.15, 0.2) is 0 Å². The predicted octanol–water partition coefficient (Wildman–Crippen LogP) is 8.73. The number of benzene rings is 4. The smallest absolute Gasteiger partial charge is 0.306 e. The highest BCUT2D eigenvalue weighted by Crippen LogP contribution is 2.35. The van der Waals surface area contributed by atoms with Crippen molar-refractivity contribution in [3.63, 3.8) is 0 Å². The Labute approximate surface area is 237 Å². The van der Waals surface area contributed by atoms with Gasteiger partial charge >= 0.3 is 5.97 Å². The van der Waals surface area contributed by atoms with E-state index in [4.69, 9.17) is 9.47 Å². The van der Waals surface area contributed by atoms with Crippen LogP contribution in [0.25, 0.3) is 21.9 Å². The SMILES string of the molecule is CCOc1cccc([C@@H](C)NC(CC)c2cc(-c3cc(F)cc(CCC(=O)OC(C)C)c3)c3ccccc3c2)c1. The molecule has 0 saturated carbocycles. The Kier molecular flexibility index (Phi) is 9.94. The average molecular weight is 542 g/mol. The maximum absolute atomic E-state index is 14.9. The van der Waals surface area contributed by atoms with Crippen LogP contribution in [0.5, 0.6) is 5.75 Å². The predicted molar refractivity (Wildman–Crippen MR) is 161 cm³/mol. The van der Waals surface area contributed by atoms with Gasteiger partial charge in [-0.25, -0.2) is 4.39 Å². The van der Waals surface area contributed by atoms with Crippen LogP contribution in [0.1, 0.15) is 76.2 Å². The summed E-state index contributed by atoms with van der Waals surface area (Å²) in [6, 6.07) is 26.1. The maximum Gasteiger partial charge on any atom is 0.306 e. The summed E-state index contributed by atoms with van der Waals surface area (Å²) < 4.78 is 25.9. The number of hydrogen-bond acceptors (Lipinski definition) is 4. The standard InChI is InChI=1S/C35H40FNO3/c1-6-34(37-24(5)26-12-10-13-31(21-26)39-7-2)29-19-27-11-8-9-14-32(27)33(22-29)28-17-25(18-30(36)20-28)15-16-35(38)40-23(3)4/h8-14,17-24,34,37H,6-7,15-16H2,1-5H3/t24-,34?/m1/s1. The highest BCUT2D eigenvalue weighted by atomic mass is 19.1. The van der Waals surface area contributed by atoms with Crippen LogP contribution in [0.4, 0.5) is 4.39 Å². The Bertz CT molecular complexity index is 1450. The Hall–Kier alpha value is -3.70. The highest BCUT2D eigenvalue weighted by Gasteiger charge is 2.18. The lowest BCUT2D eigenvalue weighted by Crippen LogP contribution is -2.24. The first-order valence-corrected chi connectivity index (χ1v) is 14.3. The molecule has 2 atom stereocenters. The number of hydrogen-bond donors (Lipinski definition) is 1. The molecule has 0 fully saturated rings. The minimum absolute atomic E-state index is 0.0907. The largest absolute Gasteiger partial charge is 0.494 e. The summed E-state index contributed by atoms with van der Waals surface area (Å²) in [6.07, 6.45) is 1.36. The molecule has 4 aromatic carbocycles. The van der Waals surface area contributed by atoms with Crippen LogP contribution < -0.4 is 10.1 Å². The second kappa shape index (κ2) is 13.6. The van der Waals surface area contributed by atoms with Crippen molar-refractivity contribution in [3.05, 3.63) is 101 Å². The quantitative estimate of drug-likeness (QED) is 0.182. The first-order valence-electron chi connectivity index (χ1n) is 14.3. The number of halogens is 1. The number of rotatable bonds is 12. The van der Waals surface area contributed by atoms with E-state index < -0.39 is 0 Å². The van der Waals surface area contributed by atoms with Crippen molar-refractivity contribution < 1.29 is 18.7 Å². The zero-order valence-corrected chi connectivity index (χ0v) is 24.2. The molecule has 40 heavy (non-hydrogen) atoms. The average Bonchev–Trinajstić information content (AvgIpc) is 2.94. The molecule has 0 spiro atoms. The van der Waals surface area contributed by atoms with Gasteiger partial charge in [-0.3, -0.25) is 4.79 Å². The van der Waals surface area contributed by atoms with E-state index in [1.165, 1.54) is 6.07 Å². The lowest BCUT2D eigenvalue weighted by molar-refractivity contribution is -0.147. The zero-order chi connectivity index (χ0) is 28.6. The molecule has 0 heterocycles. The van der Waals surface area contributed by atoms with E-state index in [-0.39, 0.29) is 36.4 Å². The number of carbonyl (C=O) groups is 1. The number of fused-ring (bicyclic) bond motifs is 1. The van der Waals surface area contributed by atoms with Gasteiger partial charge in [0.05, 0.1) is 12.7 Å². The minimum atomic E-state index is -0.313. The molecule has 4 aromatic rings. The molecule has 4 rings (SSSR count). The van der Waals surface area contributed by atoms with E-state index in [1.54, 1.807) is 6.07 Å². The first-order chi connectivity index (χ1) is 19.3. The topological polar surface area (TPSA) is 47.6 Å². The summed E-state index contributed by atoms with van der Waals surface area (Å²) in [5.74, 6) is 0.285. The molecule has 0 aliphatic rings. The van der Waals surface area contributed by atoms with Gasteiger partial charge in [-0.15, -0.1) is 0 Å². The molecular weight excluding hydrogens is 501 g/mol. The molecule has 210 valence electrons. The fraction of sp³-hybridized carbons (Fsp3) is 0.343. The molecule has 0 radical (unpaired) electrons. The van der Waals surface area contributed by atoms with Crippen molar-refractivity contribution in [2.24, 2.45) is 0 Å². The third-order valence-electron chi connectivity index (χ3n) is 7.07. The van der Waals surface area contributed by atoms with Crippen LogP contribution in [0.15, 0.2) is 78.9 Å². The van der Waals surface area contributed by atoms with Crippen LogP contribution in [-0.4, -0.2) is 18.7 Å². The second-order valence-corrected chi connectivity index (χ2v) is 10.5. The van der Waals surface area contributed by atoms with Crippen molar-refractivity contribution in [1.29, 1.82) is 0 Å². The molecule has 5 heteroatoms. The van der Waals surface area contributed by atoms with Gasteiger partial charge in [-0.05, 0) is 116 Å². The number of carbonyl (C=O) groups excluding carboxylic acids is 1. The van der Waals surface area contributed by atoms with Crippen molar-refractivity contribution in [2.75, 3.05) is 6.61 Å². The van der Waals surface area contributed by atoms with Crippen LogP contribution in [-0.2, 0) is 16.0 Å². The Balaban J connectivity index is 1.67. The molecule has 0 aliphatic carbocycles. The molecule has 0 aliphatic heterocycles. The van der Waals surface area contributed by atoms with Crippen LogP contribution in [0.3, 0.4) is 0 Å². The summed E-state index contributed by atoms with van der Waals surface area (Å²) in [6.45, 7) is 10.6. The monoisotopic (exact) mass is 541 g/mol. The Morgan fingerprint density at radius 3 is 2.45 bits per heavy atom. The van der Waals surface area contributed by atoms with Gasteiger partial charge in [0, 0.05) is 18.5 Å². The number of ether oxygens (including phenoxy) is 2. The number of nitrogens with one attached hydrogen (secondary N) is 1. The molecule has 0 aromatic heterocycles. The third-order valence-corrected chi connectivity index (χ3v) is 7.07. The molecule has 0 saturated heterocycles. The van der Waals surface area contributed by atoms with Crippen molar-refractivity contribution in [3.8, 4) is 16.9 Å². The summed E-state index contributed by atoms with van der Waals surface area (Å²) >= 11 is 0. The summed E-state index contributed by atoms with van der Waals surface area (Å²) in [5, 5.41) is 5.97. The first kappa shape index (κ1) is 29.3. The van der Waals surface area contributed by atoms with Gasteiger partial charge in [-0.1, -0.05) is 49.4 Å². The van der Waals surface area contributed by atoms with Crippen LogP contribution >= 0.6 is 0 Å². The summed E-state index contributed by atoms with van der Waals surface area (Å²) in [4.78, 5) is 12.1. The minimum Gasteiger partial charge on any atom is -0.494 e. The Morgan fingerprint density at radius 1 is 0.900 bits per heavy atom. The summed E-state index contributed by atoms with van der Waals surface area (Å²) in [7, 11) is 0. The van der Waals surface area contributed by atoms with E-state index >= 15 is 0 Å². The summed E-state index contributed by atoms with van der Waals surface area (Å²) in [5.41, 5.74) is 4.87. The highest BCUT2D eigenvalue weighted by molar-refractivity contribution is 5.97. The third kappa shape index (κ3) is 7.48. The van der Waals surface area contributed by atoms with Crippen LogP contribution in [0, 0.1) is 5.82 Å². The molecule has 1 unspecified atom stereocenters. The van der Waals surface area contributed by atoms with Gasteiger partial charge in [0.1, 0.15) is 11.6 Å². The molecular formula is C35H40FNO3. The fourth-order valence-electron chi connectivity index (χ4n) is 5.18. The molecule has 4 nitrogen and oxygen atoms in total. The van der Waals surface area contributed by atoms with Gasteiger partial charge in [0.25, 0.3) is 0 Å². The zero-order valence-electron chi connectivity index (χ0n) is 24.2. The second-order valence-electron chi connectivity index (χ2n) is 10.5. The van der Waals surface area contributed by atoms with Crippen molar-refractivity contribution in [1.82, 2.24) is 5.32 Å². The Morgan fingerprint density at radius 2 is 1.70 bits per heavy atom. The van der Waals surface area contributed by atoms with Gasteiger partial charge in [0.2, 0.25) is 0 Å². The normalized spacial score (nSPS) is 12.9. The van der Waals surface area contributed by atoms with Crippen molar-refractivity contribution >= 4 is 16.7 Å². The lowest BCUT2D eigenvalue weighted by atomic mass is 9.91. The van der Waals surface area contributed by atoms with E-state index in [1.807, 2.05) is 51.1 Å². The van der Waals surface area contributed by atoms with E-state index in [2.05, 4.69) is 55.6 Å². The fourth-order valence-corrected chi connectivity index (χ4v) is 5.18. The van der Waals surface area contributed by atoms with Gasteiger partial charge in [-0.2, -0.15) is 0 Å². The molecule has 1 N–H and O–H groups in total. The molecule has 0 bridgehead atoms. The number of aryl methyl sites for hydroxylation is 1. The molecule has 0 amide bonds. The van der Waals surface area contributed by atoms with Gasteiger partial charge < -0.3 is 14.8 Å². The van der Waals surface area contributed by atoms with Crippen molar-refractivity contribution in [2.45, 2.75) is 72.1 Å². The maximum atomic E-state index is 14.9. The van der Waals surface area contributed by atoms with Crippen LogP contribution in [0.2, 0.25) is 0 Å². The van der Waals surface area contributed by atoms with E-state index in [9.17, 15) is 9.18 Å².